The highest BCUT2D eigenvalue weighted by atomic mass is 32.1. The molecule has 0 radical (unpaired) electrons. The van der Waals surface area contributed by atoms with E-state index in [1.807, 2.05) is 36.5 Å². The van der Waals surface area contributed by atoms with Gasteiger partial charge in [0.25, 0.3) is 0 Å². The largest absolute Gasteiger partial charge is 0.369 e. The molecule has 0 aliphatic heterocycles. The number of anilines is 1. The molecule has 1 N–H and O–H groups in total. The van der Waals surface area contributed by atoms with Gasteiger partial charge < -0.3 is 5.32 Å². The van der Waals surface area contributed by atoms with Crippen LogP contribution in [0.25, 0.3) is 16.2 Å². The molecule has 4 aromatic rings. The number of hydrogen-bond donors (Lipinski definition) is 1. The first-order valence-corrected chi connectivity index (χ1v) is 10.4. The first-order valence-electron chi connectivity index (χ1n) is 9.58. The smallest absolute Gasteiger partial charge is 0.157 e. The molecule has 1 aromatic carbocycles. The van der Waals surface area contributed by atoms with E-state index in [0.29, 0.717) is 0 Å². The van der Waals surface area contributed by atoms with Crippen LogP contribution in [0.1, 0.15) is 36.6 Å². The van der Waals surface area contributed by atoms with Gasteiger partial charge in [0.1, 0.15) is 11.5 Å². The molecule has 0 bridgehead atoms. The van der Waals surface area contributed by atoms with Gasteiger partial charge in [0.15, 0.2) is 5.65 Å². The Morgan fingerprint density at radius 1 is 1.07 bits per heavy atom. The summed E-state index contributed by atoms with van der Waals surface area (Å²) in [5, 5.41) is 3.58. The molecular weight excluding hydrogens is 364 g/mol. The van der Waals surface area contributed by atoms with Gasteiger partial charge in [-0.2, -0.15) is 0 Å². The quantitative estimate of drug-likeness (QED) is 0.353. The number of nitrogens with zero attached hydrogens (tertiary/aromatic N) is 3. The van der Waals surface area contributed by atoms with Crippen LogP contribution in [0, 0.1) is 11.8 Å². The number of thiophene rings is 1. The van der Waals surface area contributed by atoms with Crippen molar-refractivity contribution in [1.82, 2.24) is 14.4 Å². The van der Waals surface area contributed by atoms with E-state index in [9.17, 15) is 0 Å². The van der Waals surface area contributed by atoms with Crippen molar-refractivity contribution < 1.29 is 0 Å². The number of imidazole rings is 1. The summed E-state index contributed by atoms with van der Waals surface area (Å²) in [6.45, 7) is 3.15. The normalized spacial score (nSPS) is 10.6. The molecule has 28 heavy (non-hydrogen) atoms. The third-order valence-electron chi connectivity index (χ3n) is 4.45. The van der Waals surface area contributed by atoms with Crippen molar-refractivity contribution in [3.05, 3.63) is 71.5 Å². The summed E-state index contributed by atoms with van der Waals surface area (Å²) in [5.41, 5.74) is 2.83. The molecule has 0 saturated carbocycles. The van der Waals surface area contributed by atoms with Crippen LogP contribution in [0.5, 0.6) is 0 Å². The zero-order chi connectivity index (χ0) is 19.2. The summed E-state index contributed by atoms with van der Waals surface area (Å²) in [6, 6.07) is 14.2. The monoisotopic (exact) mass is 386 g/mol. The van der Waals surface area contributed by atoms with Gasteiger partial charge in [-0.25, -0.2) is 4.98 Å². The first kappa shape index (κ1) is 18.3. The number of unbranched alkanes of at least 4 members (excludes halogenated alkanes) is 2. The van der Waals surface area contributed by atoms with Crippen LogP contribution >= 0.6 is 11.3 Å². The number of fused-ring (bicyclic) bond motifs is 1. The summed E-state index contributed by atoms with van der Waals surface area (Å²) >= 11 is 1.67. The summed E-state index contributed by atoms with van der Waals surface area (Å²) in [4.78, 5) is 11.2. The summed E-state index contributed by atoms with van der Waals surface area (Å²) in [6.07, 6.45) is 9.12. The highest BCUT2D eigenvalue weighted by molar-refractivity contribution is 7.16. The molecule has 5 heteroatoms. The van der Waals surface area contributed by atoms with Gasteiger partial charge >= 0.3 is 0 Å². The number of aromatic nitrogens is 3. The van der Waals surface area contributed by atoms with E-state index in [1.165, 1.54) is 12.8 Å². The zero-order valence-corrected chi connectivity index (χ0v) is 16.7. The Morgan fingerprint density at radius 2 is 1.96 bits per heavy atom. The fraction of sp³-hybridized carbons (Fsp3) is 0.217. The third-order valence-corrected chi connectivity index (χ3v) is 5.45. The number of nitrogens with one attached hydrogen (secondary N) is 1. The Hall–Kier alpha value is -3.10. The van der Waals surface area contributed by atoms with Crippen LogP contribution in [-0.2, 0) is 0 Å². The average molecular weight is 387 g/mol. The van der Waals surface area contributed by atoms with Crippen LogP contribution in [0.4, 0.5) is 5.82 Å². The molecule has 3 heterocycles. The van der Waals surface area contributed by atoms with E-state index in [1.54, 1.807) is 23.7 Å². The average Bonchev–Trinajstić information content (AvgIpc) is 3.35. The molecule has 0 amide bonds. The molecule has 0 saturated heterocycles. The van der Waals surface area contributed by atoms with Crippen LogP contribution in [0.15, 0.2) is 61.1 Å². The highest BCUT2D eigenvalue weighted by Gasteiger charge is 2.15. The minimum Gasteiger partial charge on any atom is -0.369 e. The lowest BCUT2D eigenvalue weighted by atomic mass is 10.2. The summed E-state index contributed by atoms with van der Waals surface area (Å²) in [7, 11) is 0. The fourth-order valence-corrected chi connectivity index (χ4v) is 3.87. The van der Waals surface area contributed by atoms with Crippen LogP contribution in [-0.4, -0.2) is 20.9 Å². The van der Waals surface area contributed by atoms with Crippen molar-refractivity contribution >= 4 is 22.8 Å². The van der Waals surface area contributed by atoms with E-state index in [0.717, 1.165) is 45.4 Å². The molecule has 0 aliphatic carbocycles. The Balaban J connectivity index is 1.64. The molecule has 0 unspecified atom stereocenters. The number of hydrogen-bond acceptors (Lipinski definition) is 4. The van der Waals surface area contributed by atoms with E-state index in [-0.39, 0.29) is 0 Å². The first-order chi connectivity index (χ1) is 13.8. The summed E-state index contributed by atoms with van der Waals surface area (Å²) < 4.78 is 2.07. The Morgan fingerprint density at radius 3 is 2.82 bits per heavy atom. The van der Waals surface area contributed by atoms with Gasteiger partial charge in [0.2, 0.25) is 0 Å². The van der Waals surface area contributed by atoms with E-state index in [2.05, 4.69) is 45.6 Å². The third kappa shape index (κ3) is 4.08. The Bertz CT molecular complexity index is 1120. The molecule has 0 fully saturated rings. The predicted octanol–water partition coefficient (Wildman–Crippen LogP) is 5.46. The molecule has 4 rings (SSSR count). The zero-order valence-electron chi connectivity index (χ0n) is 15.9. The van der Waals surface area contributed by atoms with E-state index < -0.39 is 0 Å². The maximum absolute atomic E-state index is 4.81. The SMILES string of the molecule is CCCCCNc1c(-c2ccc(C#Cc3ccccc3)s2)nc2cnccn12. The molecular formula is C23H22N4S. The van der Waals surface area contributed by atoms with E-state index in [4.69, 9.17) is 4.98 Å². The number of benzene rings is 1. The van der Waals surface area contributed by atoms with Gasteiger partial charge in [-0.1, -0.05) is 49.8 Å². The van der Waals surface area contributed by atoms with Crippen molar-refractivity contribution in [3.8, 4) is 22.4 Å². The second-order valence-corrected chi connectivity index (χ2v) is 7.61. The minimum atomic E-state index is 0.848. The Kier molecular flexibility index (Phi) is 5.69. The maximum Gasteiger partial charge on any atom is 0.157 e. The van der Waals surface area contributed by atoms with Gasteiger partial charge in [-0.15, -0.1) is 11.3 Å². The lowest BCUT2D eigenvalue weighted by Gasteiger charge is -2.07. The van der Waals surface area contributed by atoms with Crippen molar-refractivity contribution in [2.45, 2.75) is 26.2 Å². The Labute approximate surface area is 169 Å². The fourth-order valence-electron chi connectivity index (χ4n) is 3.02. The van der Waals surface area contributed by atoms with Crippen LogP contribution in [0.3, 0.4) is 0 Å². The lowest BCUT2D eigenvalue weighted by Crippen LogP contribution is -2.04. The standard InChI is InChI=1S/C23H22N4S/c1-2-3-7-14-25-23-22(26-21-17-24-15-16-27(21)23)20-13-12-19(28-20)11-10-18-8-5-4-6-9-18/h4-6,8-9,12-13,15-17,25H,2-3,7,14H2,1H3. The van der Waals surface area contributed by atoms with Gasteiger partial charge in [0, 0.05) is 24.5 Å². The highest BCUT2D eigenvalue weighted by Crippen LogP contribution is 2.33. The number of rotatable bonds is 6. The minimum absolute atomic E-state index is 0.848. The lowest BCUT2D eigenvalue weighted by molar-refractivity contribution is 0.742. The molecule has 140 valence electrons. The van der Waals surface area contributed by atoms with E-state index >= 15 is 0 Å². The topological polar surface area (TPSA) is 42.2 Å². The van der Waals surface area contributed by atoms with Gasteiger partial charge in [0.05, 0.1) is 16.0 Å². The molecule has 0 atom stereocenters. The van der Waals surface area contributed by atoms with Crippen molar-refractivity contribution in [3.63, 3.8) is 0 Å². The van der Waals surface area contributed by atoms with Crippen LogP contribution < -0.4 is 5.32 Å². The maximum atomic E-state index is 4.81. The van der Waals surface area contributed by atoms with Gasteiger partial charge in [-0.05, 0) is 30.7 Å². The predicted molar refractivity (Wildman–Crippen MR) is 117 cm³/mol. The van der Waals surface area contributed by atoms with Gasteiger partial charge in [-0.3, -0.25) is 9.38 Å². The summed E-state index contributed by atoms with van der Waals surface area (Å²) in [5.74, 6) is 7.52. The molecule has 4 nitrogen and oxygen atoms in total. The van der Waals surface area contributed by atoms with Crippen LogP contribution in [0.2, 0.25) is 0 Å². The van der Waals surface area contributed by atoms with Crippen molar-refractivity contribution in [2.24, 2.45) is 0 Å². The van der Waals surface area contributed by atoms with Crippen molar-refractivity contribution in [1.29, 1.82) is 0 Å². The second-order valence-electron chi connectivity index (χ2n) is 6.53. The molecule has 0 aliphatic rings. The van der Waals surface area contributed by atoms with Crippen molar-refractivity contribution in [2.75, 3.05) is 11.9 Å². The molecule has 3 aromatic heterocycles. The molecule has 0 spiro atoms. The second kappa shape index (κ2) is 8.73.